The Morgan fingerprint density at radius 1 is 1.38 bits per heavy atom. The van der Waals surface area contributed by atoms with E-state index in [2.05, 4.69) is 0 Å². The molecule has 0 aromatic carbocycles. The summed E-state index contributed by atoms with van der Waals surface area (Å²) < 4.78 is 6.99. The number of ether oxygens (including phenoxy) is 1. The van der Waals surface area contributed by atoms with Gasteiger partial charge in [0.05, 0.1) is 26.3 Å². The van der Waals surface area contributed by atoms with Gasteiger partial charge in [0.25, 0.3) is 0 Å². The van der Waals surface area contributed by atoms with Gasteiger partial charge >= 0.3 is 5.96 Å². The monoisotopic (exact) mass is 189 g/mol. The van der Waals surface area contributed by atoms with Crippen molar-refractivity contribution in [3.8, 4) is 0 Å². The maximum Gasteiger partial charge on any atom is 0.341 e. The number of aliphatic carboxylic acids is 1. The molecule has 76 valence electrons. The van der Waals surface area contributed by atoms with Crippen LogP contribution in [0.1, 0.15) is 6.92 Å². The summed E-state index contributed by atoms with van der Waals surface area (Å²) in [5, 5.41) is 8.89. The smallest absolute Gasteiger partial charge is 0.341 e. The highest BCUT2D eigenvalue weighted by Crippen LogP contribution is 1.86. The first-order valence-electron chi connectivity index (χ1n) is 3.92. The number of nitrogens with zero attached hydrogens (tertiary/aromatic N) is 1. The molecule has 1 aliphatic rings. The van der Waals surface area contributed by atoms with E-state index in [1.54, 1.807) is 0 Å². The molecule has 1 aliphatic heterocycles. The molecule has 0 radical (unpaired) electrons. The molecule has 0 saturated carbocycles. The van der Waals surface area contributed by atoms with Gasteiger partial charge in [-0.1, -0.05) is 0 Å². The van der Waals surface area contributed by atoms with Crippen molar-refractivity contribution in [3.05, 3.63) is 0 Å². The van der Waals surface area contributed by atoms with Crippen LogP contribution in [0.2, 0.25) is 0 Å². The number of hydrogen-bond acceptors (Lipinski definition) is 3. The Hall–Kier alpha value is -1.30. The van der Waals surface area contributed by atoms with Crippen LogP contribution in [0.15, 0.2) is 0 Å². The minimum Gasteiger partial charge on any atom is -0.550 e. The second-order valence-corrected chi connectivity index (χ2v) is 2.52. The topological polar surface area (TPSA) is 104 Å². The summed E-state index contributed by atoms with van der Waals surface area (Å²) in [6, 6.07) is 0. The average Bonchev–Trinajstić information content (AvgIpc) is 2.05. The van der Waals surface area contributed by atoms with E-state index in [4.69, 9.17) is 26.1 Å². The largest absolute Gasteiger partial charge is 0.550 e. The highest BCUT2D eigenvalue weighted by molar-refractivity contribution is 5.70. The van der Waals surface area contributed by atoms with E-state index in [0.717, 1.165) is 33.2 Å². The maximum atomic E-state index is 8.89. The number of nitrogens with two attached hydrogens (primary N) is 2. The standard InChI is InChI=1S/C5H11N3O.C2H4O2/c6-5(7)8-1-3-9-4-2-8;1-2(3)4/h1-4H2,(H3,6,7);1H3,(H,3,4). The molecule has 13 heavy (non-hydrogen) atoms. The summed E-state index contributed by atoms with van der Waals surface area (Å²) in [7, 11) is 0. The first-order valence-corrected chi connectivity index (χ1v) is 3.92. The summed E-state index contributed by atoms with van der Waals surface area (Å²) in [5.41, 5.74) is 10.7. The predicted octanol–water partition coefficient (Wildman–Crippen LogP) is -2.94. The zero-order chi connectivity index (χ0) is 10.3. The van der Waals surface area contributed by atoms with E-state index in [0.29, 0.717) is 5.96 Å². The van der Waals surface area contributed by atoms with Crippen LogP contribution in [-0.4, -0.2) is 42.8 Å². The molecule has 4 N–H and O–H groups in total. The molecule has 0 aliphatic carbocycles. The predicted molar refractivity (Wildman–Crippen MR) is 44.9 cm³/mol. The van der Waals surface area contributed by atoms with Crippen LogP contribution >= 0.6 is 0 Å². The van der Waals surface area contributed by atoms with E-state index < -0.39 is 5.97 Å². The zero-order valence-electron chi connectivity index (χ0n) is 7.66. The van der Waals surface area contributed by atoms with Crippen LogP contribution in [-0.2, 0) is 9.53 Å². The molecule has 1 saturated heterocycles. The fraction of sp³-hybridized carbons (Fsp3) is 0.714. The van der Waals surface area contributed by atoms with Crippen molar-refractivity contribution < 1.29 is 19.2 Å². The molecule has 1 heterocycles. The quantitative estimate of drug-likeness (QED) is 0.313. The molecule has 6 heteroatoms. The molecule has 0 bridgehead atoms. The number of guanidine groups is 1. The summed E-state index contributed by atoms with van der Waals surface area (Å²) in [6.07, 6.45) is 0. The number of carbonyl (C=O) groups excluding carboxylic acids is 1. The molecule has 0 aromatic heterocycles. The normalized spacial score (nSPS) is 15.6. The summed E-state index contributed by atoms with van der Waals surface area (Å²) in [5.74, 6) is -0.682. The fourth-order valence-corrected chi connectivity index (χ4v) is 0.822. The molecule has 0 amide bonds. The summed E-state index contributed by atoms with van der Waals surface area (Å²) in [6.45, 7) is 4.08. The van der Waals surface area contributed by atoms with Gasteiger partial charge in [0.2, 0.25) is 0 Å². The Morgan fingerprint density at radius 3 is 2.00 bits per heavy atom. The Kier molecular flexibility index (Phi) is 5.62. The lowest BCUT2D eigenvalue weighted by atomic mass is 10.5. The highest BCUT2D eigenvalue weighted by atomic mass is 16.5. The van der Waals surface area contributed by atoms with Gasteiger partial charge in [0, 0.05) is 5.97 Å². The van der Waals surface area contributed by atoms with Crippen LogP contribution in [0.3, 0.4) is 0 Å². The first kappa shape index (κ1) is 11.7. The van der Waals surface area contributed by atoms with Crippen molar-refractivity contribution >= 4 is 11.9 Å². The third-order valence-electron chi connectivity index (χ3n) is 1.38. The van der Waals surface area contributed by atoms with E-state index in [1.807, 2.05) is 4.58 Å². The number of carboxylic acid groups (broad SMARTS) is 1. The number of morpholine rings is 1. The van der Waals surface area contributed by atoms with Crippen molar-refractivity contribution in [2.75, 3.05) is 26.3 Å². The lowest BCUT2D eigenvalue weighted by molar-refractivity contribution is -0.550. The van der Waals surface area contributed by atoms with E-state index >= 15 is 0 Å². The minimum absolute atomic E-state index is 0.401. The van der Waals surface area contributed by atoms with Gasteiger partial charge in [-0.05, 0) is 6.92 Å². The number of carbonyl (C=O) groups is 1. The maximum absolute atomic E-state index is 8.89. The van der Waals surface area contributed by atoms with Gasteiger partial charge in [-0.2, -0.15) is 0 Å². The number of hydrogen-bond donors (Lipinski definition) is 2. The molecule has 6 nitrogen and oxygen atoms in total. The lowest BCUT2D eigenvalue weighted by Crippen LogP contribution is -2.41. The molecule has 0 spiro atoms. The van der Waals surface area contributed by atoms with Gasteiger partial charge in [-0.3, -0.25) is 16.0 Å². The Bertz CT molecular complexity index is 187. The van der Waals surface area contributed by atoms with Gasteiger partial charge in [-0.25, -0.2) is 0 Å². The second-order valence-electron chi connectivity index (χ2n) is 2.52. The molecule has 0 atom stereocenters. The Morgan fingerprint density at radius 2 is 1.77 bits per heavy atom. The first-order chi connectivity index (χ1) is 6.04. The van der Waals surface area contributed by atoms with Crippen LogP contribution in [0, 0.1) is 0 Å². The van der Waals surface area contributed by atoms with E-state index in [9.17, 15) is 0 Å². The fourth-order valence-electron chi connectivity index (χ4n) is 0.822. The van der Waals surface area contributed by atoms with Crippen molar-refractivity contribution in [2.45, 2.75) is 6.92 Å². The number of rotatable bonds is 0. The van der Waals surface area contributed by atoms with E-state index in [1.165, 1.54) is 0 Å². The summed E-state index contributed by atoms with van der Waals surface area (Å²) in [4.78, 5) is 8.89. The van der Waals surface area contributed by atoms with E-state index in [-0.39, 0.29) is 0 Å². The van der Waals surface area contributed by atoms with Crippen molar-refractivity contribution in [1.29, 1.82) is 0 Å². The molecular weight excluding hydrogens is 174 g/mol. The third-order valence-corrected chi connectivity index (χ3v) is 1.38. The second kappa shape index (κ2) is 6.24. The summed E-state index contributed by atoms with van der Waals surface area (Å²) >= 11 is 0. The van der Waals surface area contributed by atoms with Gasteiger partial charge in [0.15, 0.2) is 0 Å². The Balaban J connectivity index is 0.000000310. The zero-order valence-corrected chi connectivity index (χ0v) is 7.66. The molecule has 0 aromatic rings. The minimum atomic E-state index is -1.08. The molecule has 0 unspecified atom stereocenters. The molecule has 1 rings (SSSR count). The van der Waals surface area contributed by atoms with Crippen molar-refractivity contribution in [3.63, 3.8) is 0 Å². The van der Waals surface area contributed by atoms with Crippen molar-refractivity contribution in [1.82, 2.24) is 0 Å². The third kappa shape index (κ3) is 7.07. The number of carboxylic acids is 1. The highest BCUT2D eigenvalue weighted by Gasteiger charge is 2.08. The van der Waals surface area contributed by atoms with Crippen molar-refractivity contribution in [2.24, 2.45) is 11.5 Å². The average molecular weight is 189 g/mol. The van der Waals surface area contributed by atoms with Gasteiger partial charge in [0.1, 0.15) is 0 Å². The van der Waals surface area contributed by atoms with Crippen LogP contribution in [0.5, 0.6) is 0 Å². The van der Waals surface area contributed by atoms with Crippen LogP contribution < -0.4 is 16.6 Å². The Labute approximate surface area is 76.8 Å². The van der Waals surface area contributed by atoms with Crippen LogP contribution in [0.25, 0.3) is 0 Å². The molecular formula is C7H15N3O3. The lowest BCUT2D eigenvalue weighted by Gasteiger charge is -2.14. The van der Waals surface area contributed by atoms with Crippen LogP contribution in [0.4, 0.5) is 0 Å². The van der Waals surface area contributed by atoms with Gasteiger partial charge in [-0.15, -0.1) is 0 Å². The van der Waals surface area contributed by atoms with Gasteiger partial charge < -0.3 is 14.6 Å². The SMILES string of the molecule is CC(=O)[O-].NC(N)=[N+]1CCOCC1. The molecule has 1 fully saturated rings.